The van der Waals surface area contributed by atoms with Crippen LogP contribution >= 0.6 is 11.3 Å². The van der Waals surface area contributed by atoms with E-state index in [9.17, 15) is 4.79 Å². The molecule has 7 heteroatoms. The van der Waals surface area contributed by atoms with Gasteiger partial charge in [0.1, 0.15) is 18.1 Å². The van der Waals surface area contributed by atoms with Gasteiger partial charge in [-0.15, -0.1) is 11.3 Å². The van der Waals surface area contributed by atoms with E-state index in [1.165, 1.54) is 6.08 Å². The van der Waals surface area contributed by atoms with Gasteiger partial charge in [-0.3, -0.25) is 0 Å². The summed E-state index contributed by atoms with van der Waals surface area (Å²) in [4.78, 5) is 13.3. The van der Waals surface area contributed by atoms with Gasteiger partial charge < -0.3 is 9.26 Å². The molecule has 0 N–H and O–H groups in total. The fourth-order valence-corrected chi connectivity index (χ4v) is 3.62. The molecule has 0 fully saturated rings. The predicted octanol–water partition coefficient (Wildman–Crippen LogP) is 4.96. The molecule has 6 nitrogen and oxygen atoms in total. The molecule has 0 aliphatic heterocycles. The topological polar surface area (TPSA) is 70.2 Å². The van der Waals surface area contributed by atoms with Gasteiger partial charge in [-0.2, -0.15) is 5.10 Å². The number of hydrogen-bond donors (Lipinski definition) is 0. The Balaban J connectivity index is 1.55. The highest BCUT2D eigenvalue weighted by atomic mass is 32.1. The molecule has 0 radical (unpaired) electrons. The molecule has 0 spiro atoms. The quantitative estimate of drug-likeness (QED) is 0.335. The second-order valence-corrected chi connectivity index (χ2v) is 7.38. The van der Waals surface area contributed by atoms with Crippen LogP contribution in [0.4, 0.5) is 0 Å². The van der Waals surface area contributed by atoms with Gasteiger partial charge in [-0.1, -0.05) is 29.4 Å². The zero-order chi connectivity index (χ0) is 20.2. The number of benzene rings is 1. The van der Waals surface area contributed by atoms with Gasteiger partial charge in [0.2, 0.25) is 0 Å². The van der Waals surface area contributed by atoms with Gasteiger partial charge in [-0.05, 0) is 43.5 Å². The minimum Gasteiger partial charge on any atom is -0.457 e. The van der Waals surface area contributed by atoms with E-state index in [1.807, 2.05) is 65.6 Å². The van der Waals surface area contributed by atoms with E-state index in [1.54, 1.807) is 24.3 Å². The van der Waals surface area contributed by atoms with Crippen LogP contribution in [0, 0.1) is 13.8 Å². The summed E-state index contributed by atoms with van der Waals surface area (Å²) >= 11 is 1.60. The van der Waals surface area contributed by atoms with Crippen molar-refractivity contribution in [1.82, 2.24) is 14.9 Å². The lowest BCUT2D eigenvalue weighted by atomic mass is 10.2. The van der Waals surface area contributed by atoms with Crippen molar-refractivity contribution in [2.75, 3.05) is 0 Å². The van der Waals surface area contributed by atoms with Gasteiger partial charge in [-0.25, -0.2) is 9.48 Å². The molecule has 4 rings (SSSR count). The number of nitrogens with zero attached hydrogens (tertiary/aromatic N) is 3. The number of carbonyl (C=O) groups excluding carboxylic acids is 1. The van der Waals surface area contributed by atoms with E-state index in [2.05, 4.69) is 5.16 Å². The summed E-state index contributed by atoms with van der Waals surface area (Å²) in [5.74, 6) is 0.220. The molecule has 3 heterocycles. The fourth-order valence-electron chi connectivity index (χ4n) is 2.88. The van der Waals surface area contributed by atoms with Crippen molar-refractivity contribution in [2.45, 2.75) is 20.5 Å². The van der Waals surface area contributed by atoms with Crippen molar-refractivity contribution in [1.29, 1.82) is 0 Å². The Hall–Kier alpha value is -3.45. The Morgan fingerprint density at radius 2 is 2.03 bits per heavy atom. The summed E-state index contributed by atoms with van der Waals surface area (Å²) in [6.07, 6.45) is 5.06. The van der Waals surface area contributed by atoms with E-state index in [0.717, 1.165) is 33.1 Å². The summed E-state index contributed by atoms with van der Waals surface area (Å²) in [5.41, 5.74) is 4.13. The Bertz CT molecular complexity index is 1120. The van der Waals surface area contributed by atoms with E-state index in [0.29, 0.717) is 5.76 Å². The zero-order valence-electron chi connectivity index (χ0n) is 16.0. The van der Waals surface area contributed by atoms with E-state index >= 15 is 0 Å². The van der Waals surface area contributed by atoms with Gasteiger partial charge in [0.15, 0.2) is 0 Å². The molecule has 0 atom stereocenters. The van der Waals surface area contributed by atoms with E-state index in [-0.39, 0.29) is 6.61 Å². The second kappa shape index (κ2) is 8.28. The molecule has 4 aromatic rings. The normalized spacial score (nSPS) is 11.2. The number of hydrogen-bond acceptors (Lipinski definition) is 6. The number of ether oxygens (including phenoxy) is 1. The average molecular weight is 405 g/mol. The average Bonchev–Trinajstić information content (AvgIpc) is 3.46. The maximum atomic E-state index is 12.2. The molecular formula is C22H19N3O3S. The van der Waals surface area contributed by atoms with Gasteiger partial charge >= 0.3 is 5.97 Å². The lowest BCUT2D eigenvalue weighted by Crippen LogP contribution is -2.02. The Morgan fingerprint density at radius 3 is 2.72 bits per heavy atom. The Morgan fingerprint density at radius 1 is 1.21 bits per heavy atom. The van der Waals surface area contributed by atoms with Gasteiger partial charge in [0, 0.05) is 17.8 Å². The third-order valence-corrected chi connectivity index (χ3v) is 5.33. The van der Waals surface area contributed by atoms with Crippen LogP contribution in [0.5, 0.6) is 0 Å². The number of rotatable bonds is 6. The van der Waals surface area contributed by atoms with Gasteiger partial charge in [0.25, 0.3) is 0 Å². The molecule has 0 aliphatic rings. The predicted molar refractivity (Wildman–Crippen MR) is 112 cm³/mol. The van der Waals surface area contributed by atoms with Crippen LogP contribution in [-0.2, 0) is 16.1 Å². The first-order valence-corrected chi connectivity index (χ1v) is 9.95. The maximum Gasteiger partial charge on any atom is 0.331 e. The lowest BCUT2D eigenvalue weighted by molar-refractivity contribution is -0.138. The maximum absolute atomic E-state index is 12.2. The van der Waals surface area contributed by atoms with Crippen LogP contribution in [0.2, 0.25) is 0 Å². The number of thiophene rings is 1. The first-order chi connectivity index (χ1) is 14.1. The lowest BCUT2D eigenvalue weighted by Gasteiger charge is -2.01. The van der Waals surface area contributed by atoms with Crippen molar-refractivity contribution >= 4 is 23.4 Å². The van der Waals surface area contributed by atoms with Crippen molar-refractivity contribution < 1.29 is 14.1 Å². The first-order valence-electron chi connectivity index (χ1n) is 9.07. The monoisotopic (exact) mass is 405 g/mol. The minimum absolute atomic E-state index is 0.130. The van der Waals surface area contributed by atoms with Crippen LogP contribution in [0.25, 0.3) is 22.3 Å². The fraction of sp³-hybridized carbons (Fsp3) is 0.136. The third kappa shape index (κ3) is 4.20. The standard InChI is InChI=1S/C22H19N3O3S/c1-15-19(16(2)28-24-15)14-27-21(26)11-10-17-13-25(18-7-4-3-5-8-18)23-22(17)20-9-6-12-29-20/h3-13H,14H2,1-2H3. The highest BCUT2D eigenvalue weighted by molar-refractivity contribution is 7.13. The van der Waals surface area contributed by atoms with E-state index in [4.69, 9.17) is 14.4 Å². The van der Waals surface area contributed by atoms with Crippen molar-refractivity contribution in [3.05, 3.63) is 82.7 Å². The number of aromatic nitrogens is 3. The Kier molecular flexibility index (Phi) is 5.39. The summed E-state index contributed by atoms with van der Waals surface area (Å²) < 4.78 is 12.2. The van der Waals surface area contributed by atoms with E-state index < -0.39 is 5.97 Å². The van der Waals surface area contributed by atoms with Crippen LogP contribution in [0.1, 0.15) is 22.6 Å². The molecule has 0 unspecified atom stereocenters. The van der Waals surface area contributed by atoms with Crippen LogP contribution in [0.15, 0.2) is 64.6 Å². The third-order valence-electron chi connectivity index (χ3n) is 4.46. The number of esters is 1. The summed E-state index contributed by atoms with van der Waals surface area (Å²) in [6.45, 7) is 3.75. The molecule has 0 amide bonds. The zero-order valence-corrected chi connectivity index (χ0v) is 16.8. The Labute approximate surface area is 172 Å². The smallest absolute Gasteiger partial charge is 0.331 e. The second-order valence-electron chi connectivity index (χ2n) is 6.43. The molecule has 0 saturated heterocycles. The number of aryl methyl sites for hydroxylation is 2. The van der Waals surface area contributed by atoms with Crippen molar-refractivity contribution in [3.63, 3.8) is 0 Å². The number of para-hydroxylation sites is 1. The summed E-state index contributed by atoms with van der Waals surface area (Å²) in [6, 6.07) is 13.8. The molecule has 146 valence electrons. The largest absolute Gasteiger partial charge is 0.457 e. The molecular weight excluding hydrogens is 386 g/mol. The molecule has 3 aromatic heterocycles. The first kappa shape index (κ1) is 18.9. The molecule has 0 bridgehead atoms. The highest BCUT2D eigenvalue weighted by Gasteiger charge is 2.13. The molecule has 29 heavy (non-hydrogen) atoms. The molecule has 0 saturated carbocycles. The molecule has 0 aliphatic carbocycles. The summed E-state index contributed by atoms with van der Waals surface area (Å²) in [7, 11) is 0. The SMILES string of the molecule is Cc1noc(C)c1COC(=O)C=Cc1cn(-c2ccccc2)nc1-c1cccs1. The van der Waals surface area contributed by atoms with Crippen molar-refractivity contribution in [2.24, 2.45) is 0 Å². The van der Waals surface area contributed by atoms with Crippen LogP contribution < -0.4 is 0 Å². The minimum atomic E-state index is -0.436. The van der Waals surface area contributed by atoms with Crippen LogP contribution in [-0.4, -0.2) is 20.9 Å². The highest BCUT2D eigenvalue weighted by Crippen LogP contribution is 2.28. The summed E-state index contributed by atoms with van der Waals surface area (Å²) in [5, 5.41) is 10.6. The molecule has 1 aromatic carbocycles. The van der Waals surface area contributed by atoms with Crippen molar-refractivity contribution in [3.8, 4) is 16.3 Å². The van der Waals surface area contributed by atoms with Gasteiger partial charge in [0.05, 0.1) is 21.8 Å². The van der Waals surface area contributed by atoms with Crippen LogP contribution in [0.3, 0.4) is 0 Å². The number of carbonyl (C=O) groups is 1.